The number of hydrogen-bond acceptors (Lipinski definition) is 3. The number of anilines is 2. The molecule has 0 atom stereocenters. The second kappa shape index (κ2) is 5.30. The maximum absolute atomic E-state index is 11.8. The van der Waals surface area contributed by atoms with E-state index in [1.807, 2.05) is 30.3 Å². The number of nitro benzene ring substituents is 1. The molecule has 96 valence electrons. The predicted octanol–water partition coefficient (Wildman–Crippen LogP) is 3.28. The summed E-state index contributed by atoms with van der Waals surface area (Å²) in [6.07, 6.45) is 0. The van der Waals surface area contributed by atoms with Crippen molar-refractivity contribution in [2.24, 2.45) is 0 Å². The fourth-order valence-electron chi connectivity index (χ4n) is 1.81. The highest BCUT2D eigenvalue weighted by molar-refractivity contribution is 5.99. The number of carbonyl (C=O) groups is 1. The van der Waals surface area contributed by atoms with Crippen LogP contribution in [0.4, 0.5) is 17.1 Å². The number of nitrogens with zero attached hydrogens (tertiary/aromatic N) is 2. The van der Waals surface area contributed by atoms with E-state index < -0.39 is 4.92 Å². The first kappa shape index (κ1) is 12.8. The zero-order valence-corrected chi connectivity index (χ0v) is 10.3. The van der Waals surface area contributed by atoms with Crippen molar-refractivity contribution >= 4 is 23.0 Å². The minimum Gasteiger partial charge on any atom is -0.281 e. The average Bonchev–Trinajstić information content (AvgIpc) is 2.40. The van der Waals surface area contributed by atoms with E-state index in [4.69, 9.17) is 0 Å². The highest BCUT2D eigenvalue weighted by Crippen LogP contribution is 2.26. The Kier molecular flexibility index (Phi) is 3.56. The molecule has 0 aromatic heterocycles. The summed E-state index contributed by atoms with van der Waals surface area (Å²) in [5.41, 5.74) is 1.33. The quantitative estimate of drug-likeness (QED) is 0.625. The number of benzene rings is 2. The summed E-state index contributed by atoms with van der Waals surface area (Å²) in [4.78, 5) is 23.4. The molecule has 1 amide bonds. The highest BCUT2D eigenvalue weighted by atomic mass is 16.6. The first-order valence-electron chi connectivity index (χ1n) is 5.70. The molecule has 0 N–H and O–H groups in total. The molecule has 0 spiro atoms. The topological polar surface area (TPSA) is 63.5 Å². The summed E-state index contributed by atoms with van der Waals surface area (Å²) >= 11 is 0. The Labute approximate surface area is 110 Å². The molecule has 0 aliphatic rings. The van der Waals surface area contributed by atoms with Gasteiger partial charge in [0.15, 0.2) is 0 Å². The Morgan fingerprint density at radius 2 is 1.53 bits per heavy atom. The lowest BCUT2D eigenvalue weighted by molar-refractivity contribution is -0.384. The number of nitro groups is 1. The van der Waals surface area contributed by atoms with Gasteiger partial charge in [-0.25, -0.2) is 0 Å². The molecule has 0 saturated carbocycles. The minimum atomic E-state index is -0.468. The number of non-ortho nitro benzene ring substituents is 1. The van der Waals surface area contributed by atoms with Gasteiger partial charge in [-0.2, -0.15) is 0 Å². The van der Waals surface area contributed by atoms with E-state index in [0.29, 0.717) is 5.69 Å². The van der Waals surface area contributed by atoms with E-state index >= 15 is 0 Å². The van der Waals surface area contributed by atoms with Crippen molar-refractivity contribution in [1.82, 2.24) is 0 Å². The zero-order valence-electron chi connectivity index (χ0n) is 10.3. The van der Waals surface area contributed by atoms with Crippen molar-refractivity contribution in [2.75, 3.05) is 4.90 Å². The van der Waals surface area contributed by atoms with Gasteiger partial charge in [-0.3, -0.25) is 19.8 Å². The maximum atomic E-state index is 11.8. The summed E-state index contributed by atoms with van der Waals surface area (Å²) in [5, 5.41) is 10.6. The van der Waals surface area contributed by atoms with Crippen molar-refractivity contribution in [3.63, 3.8) is 0 Å². The molecule has 0 aliphatic carbocycles. The van der Waals surface area contributed by atoms with Gasteiger partial charge >= 0.3 is 0 Å². The second-order valence-electron chi connectivity index (χ2n) is 3.96. The normalized spacial score (nSPS) is 9.95. The van der Waals surface area contributed by atoms with Gasteiger partial charge < -0.3 is 0 Å². The van der Waals surface area contributed by atoms with E-state index in [1.165, 1.54) is 24.0 Å². The molecular formula is C14H12N2O3. The molecule has 19 heavy (non-hydrogen) atoms. The molecule has 0 radical (unpaired) electrons. The third-order valence-corrected chi connectivity index (χ3v) is 2.65. The van der Waals surface area contributed by atoms with Crippen LogP contribution in [0.5, 0.6) is 0 Å². The van der Waals surface area contributed by atoms with Crippen LogP contribution in [-0.2, 0) is 4.79 Å². The van der Waals surface area contributed by atoms with E-state index in [1.54, 1.807) is 12.1 Å². The van der Waals surface area contributed by atoms with Crippen LogP contribution < -0.4 is 4.90 Å². The van der Waals surface area contributed by atoms with Crippen LogP contribution in [0.1, 0.15) is 6.92 Å². The molecule has 0 heterocycles. The third-order valence-electron chi connectivity index (χ3n) is 2.65. The number of para-hydroxylation sites is 1. The number of rotatable bonds is 3. The van der Waals surface area contributed by atoms with Gasteiger partial charge in [0.25, 0.3) is 5.69 Å². The van der Waals surface area contributed by atoms with Crippen LogP contribution in [0.3, 0.4) is 0 Å². The molecule has 5 nitrogen and oxygen atoms in total. The molecule has 2 aromatic rings. The van der Waals surface area contributed by atoms with Crippen LogP contribution in [0.25, 0.3) is 0 Å². The first-order valence-corrected chi connectivity index (χ1v) is 5.70. The van der Waals surface area contributed by atoms with Gasteiger partial charge in [0.05, 0.1) is 4.92 Å². The molecule has 0 aliphatic heterocycles. The smallest absolute Gasteiger partial charge is 0.269 e. The monoisotopic (exact) mass is 256 g/mol. The summed E-state index contributed by atoms with van der Waals surface area (Å²) in [7, 11) is 0. The molecule has 0 saturated heterocycles. The van der Waals surface area contributed by atoms with Crippen LogP contribution in [0, 0.1) is 10.1 Å². The molecule has 5 heteroatoms. The highest BCUT2D eigenvalue weighted by Gasteiger charge is 2.14. The summed E-state index contributed by atoms with van der Waals surface area (Å²) < 4.78 is 0. The largest absolute Gasteiger partial charge is 0.281 e. The minimum absolute atomic E-state index is 0.000290. The number of amides is 1. The van der Waals surface area contributed by atoms with Crippen molar-refractivity contribution in [2.45, 2.75) is 6.92 Å². The Morgan fingerprint density at radius 1 is 1.00 bits per heavy atom. The van der Waals surface area contributed by atoms with Crippen LogP contribution >= 0.6 is 0 Å². The number of carbonyl (C=O) groups excluding carboxylic acids is 1. The number of hydrogen-bond donors (Lipinski definition) is 0. The van der Waals surface area contributed by atoms with E-state index in [2.05, 4.69) is 0 Å². The maximum Gasteiger partial charge on any atom is 0.269 e. The second-order valence-corrected chi connectivity index (χ2v) is 3.96. The average molecular weight is 256 g/mol. The van der Waals surface area contributed by atoms with Gasteiger partial charge in [0.2, 0.25) is 5.91 Å². The van der Waals surface area contributed by atoms with Gasteiger partial charge in [-0.1, -0.05) is 18.2 Å². The standard InChI is InChI=1S/C14H12N2O3/c1-11(17)15(12-5-3-2-4-6-12)13-7-9-14(10-8-13)16(18)19/h2-10H,1H3. The van der Waals surface area contributed by atoms with E-state index in [-0.39, 0.29) is 11.6 Å². The van der Waals surface area contributed by atoms with Crippen molar-refractivity contribution in [3.8, 4) is 0 Å². The van der Waals surface area contributed by atoms with Crippen molar-refractivity contribution in [3.05, 3.63) is 64.7 Å². The van der Waals surface area contributed by atoms with Gasteiger partial charge in [0.1, 0.15) is 0 Å². The fraction of sp³-hybridized carbons (Fsp3) is 0.0714. The molecule has 0 unspecified atom stereocenters. The lowest BCUT2D eigenvalue weighted by Crippen LogP contribution is -2.22. The van der Waals surface area contributed by atoms with E-state index in [0.717, 1.165) is 5.69 Å². The summed E-state index contributed by atoms with van der Waals surface area (Å²) in [6, 6.07) is 15.0. The Bertz CT molecular complexity index is 594. The summed E-state index contributed by atoms with van der Waals surface area (Å²) in [6.45, 7) is 1.45. The zero-order chi connectivity index (χ0) is 13.8. The SMILES string of the molecule is CC(=O)N(c1ccccc1)c1ccc([N+](=O)[O-])cc1. The molecular weight excluding hydrogens is 244 g/mol. The lowest BCUT2D eigenvalue weighted by atomic mass is 10.2. The third kappa shape index (κ3) is 2.77. The Balaban J connectivity index is 2.40. The lowest BCUT2D eigenvalue weighted by Gasteiger charge is -2.21. The molecule has 2 aromatic carbocycles. The molecule has 0 fully saturated rings. The molecule has 0 bridgehead atoms. The van der Waals surface area contributed by atoms with Gasteiger partial charge in [-0.05, 0) is 24.3 Å². The Morgan fingerprint density at radius 3 is 2.00 bits per heavy atom. The van der Waals surface area contributed by atoms with E-state index in [9.17, 15) is 14.9 Å². The van der Waals surface area contributed by atoms with Crippen molar-refractivity contribution in [1.29, 1.82) is 0 Å². The van der Waals surface area contributed by atoms with Gasteiger partial charge in [-0.15, -0.1) is 0 Å². The fourth-order valence-corrected chi connectivity index (χ4v) is 1.81. The first-order chi connectivity index (χ1) is 9.09. The summed E-state index contributed by atoms with van der Waals surface area (Å²) in [5.74, 6) is -0.153. The van der Waals surface area contributed by atoms with Crippen LogP contribution in [-0.4, -0.2) is 10.8 Å². The van der Waals surface area contributed by atoms with Gasteiger partial charge in [0, 0.05) is 30.4 Å². The van der Waals surface area contributed by atoms with Crippen molar-refractivity contribution < 1.29 is 9.72 Å². The predicted molar refractivity (Wildman–Crippen MR) is 72.4 cm³/mol. The molecule has 2 rings (SSSR count). The Hall–Kier alpha value is -2.69. The van der Waals surface area contributed by atoms with Crippen LogP contribution in [0.15, 0.2) is 54.6 Å². The van der Waals surface area contributed by atoms with Crippen LogP contribution in [0.2, 0.25) is 0 Å².